The Kier molecular flexibility index (Phi) is 4.02. The van der Waals surface area contributed by atoms with Gasteiger partial charge in [-0.1, -0.05) is 25.5 Å². The van der Waals surface area contributed by atoms with Crippen molar-refractivity contribution >= 4 is 5.97 Å². The molecule has 5 fully saturated rings. The van der Waals surface area contributed by atoms with E-state index < -0.39 is 5.79 Å². The first-order valence-electron chi connectivity index (χ1n) is 12.1. The highest BCUT2D eigenvalue weighted by Gasteiger charge is 2.84. The third-order valence-corrected chi connectivity index (χ3v) is 10.3. The fourth-order valence-corrected chi connectivity index (χ4v) is 8.96. The number of allylic oxidation sites excluding steroid dienone is 1. The van der Waals surface area contributed by atoms with Crippen molar-refractivity contribution in [2.75, 3.05) is 13.2 Å². The fraction of sp³-hybridized carbons (Fsp3) is 0.880. The quantitative estimate of drug-likeness (QED) is 0.380. The van der Waals surface area contributed by atoms with Crippen molar-refractivity contribution in [2.45, 2.75) is 96.2 Å². The molecule has 0 aromatic rings. The van der Waals surface area contributed by atoms with Crippen LogP contribution in [0.15, 0.2) is 11.6 Å². The zero-order valence-corrected chi connectivity index (χ0v) is 18.9. The van der Waals surface area contributed by atoms with E-state index in [1.165, 1.54) is 19.8 Å². The van der Waals surface area contributed by atoms with Gasteiger partial charge in [-0.15, -0.1) is 0 Å². The zero-order valence-electron chi connectivity index (χ0n) is 18.9. The average Bonchev–Trinajstić information content (AvgIpc) is 3.18. The van der Waals surface area contributed by atoms with Crippen LogP contribution in [0.2, 0.25) is 0 Å². The molecule has 4 aliphatic carbocycles. The van der Waals surface area contributed by atoms with Crippen molar-refractivity contribution in [3.63, 3.8) is 0 Å². The van der Waals surface area contributed by atoms with E-state index >= 15 is 0 Å². The van der Waals surface area contributed by atoms with Gasteiger partial charge >= 0.3 is 5.97 Å². The summed E-state index contributed by atoms with van der Waals surface area (Å²) in [5.41, 5.74) is 1.67. The molecular weight excluding hydrogens is 380 g/mol. The summed E-state index contributed by atoms with van der Waals surface area (Å²) >= 11 is 0. The normalized spacial score (nSPS) is 53.1. The molecule has 166 valence electrons. The van der Waals surface area contributed by atoms with Crippen LogP contribution >= 0.6 is 0 Å². The number of hydrogen-bond acceptors (Lipinski definition) is 5. The number of esters is 1. The van der Waals surface area contributed by atoms with Crippen LogP contribution in [0, 0.1) is 28.6 Å². The lowest BCUT2D eigenvalue weighted by Crippen LogP contribution is -2.59. The van der Waals surface area contributed by atoms with E-state index in [2.05, 4.69) is 26.8 Å². The van der Waals surface area contributed by atoms with Gasteiger partial charge in [-0.05, 0) is 68.6 Å². The minimum absolute atomic E-state index is 0.0691. The lowest BCUT2D eigenvalue weighted by Gasteiger charge is -2.59. The third-order valence-electron chi connectivity index (χ3n) is 10.3. The molecule has 2 aliphatic heterocycles. The number of hydrogen-bond donors (Lipinski definition) is 0. The van der Waals surface area contributed by atoms with Crippen LogP contribution in [0.5, 0.6) is 0 Å². The highest BCUT2D eigenvalue weighted by atomic mass is 16.8. The van der Waals surface area contributed by atoms with Gasteiger partial charge in [-0.3, -0.25) is 4.79 Å². The molecule has 8 atom stereocenters. The number of rotatable bonds is 2. The Labute approximate surface area is 179 Å². The van der Waals surface area contributed by atoms with Crippen LogP contribution in [0.4, 0.5) is 0 Å². The van der Waals surface area contributed by atoms with Gasteiger partial charge in [0.25, 0.3) is 0 Å². The second-order valence-electron chi connectivity index (χ2n) is 11.4. The molecule has 5 nitrogen and oxygen atoms in total. The SMILES string of the molecule is CC(=O)O[C@H]1CC[C@@]2(C)C(=CC[C@@H]3[C@@H]2CC[C@@]2(C)[C@H]3C[C@H]3O[C@]32C2(C)OCCO2)C1. The zero-order chi connectivity index (χ0) is 20.9. The van der Waals surface area contributed by atoms with E-state index in [9.17, 15) is 4.79 Å². The molecule has 0 amide bonds. The van der Waals surface area contributed by atoms with Crippen LogP contribution in [-0.4, -0.2) is 42.8 Å². The summed E-state index contributed by atoms with van der Waals surface area (Å²) in [7, 11) is 0. The summed E-state index contributed by atoms with van der Waals surface area (Å²) in [5.74, 6) is 1.37. The Balaban J connectivity index is 1.29. The van der Waals surface area contributed by atoms with E-state index in [0.29, 0.717) is 25.0 Å². The van der Waals surface area contributed by atoms with Crippen molar-refractivity contribution in [3.8, 4) is 0 Å². The van der Waals surface area contributed by atoms with Crippen LogP contribution in [0.25, 0.3) is 0 Å². The highest BCUT2D eigenvalue weighted by Crippen LogP contribution is 2.76. The Morgan fingerprint density at radius 3 is 2.60 bits per heavy atom. The molecular formula is C25H36O5. The monoisotopic (exact) mass is 416 g/mol. The van der Waals surface area contributed by atoms with Gasteiger partial charge in [0.05, 0.1) is 19.3 Å². The second kappa shape index (κ2) is 6.11. The van der Waals surface area contributed by atoms with Crippen molar-refractivity contribution < 1.29 is 23.7 Å². The lowest BCUT2D eigenvalue weighted by molar-refractivity contribution is -0.234. The van der Waals surface area contributed by atoms with Gasteiger partial charge in [-0.2, -0.15) is 0 Å². The largest absolute Gasteiger partial charge is 0.462 e. The molecule has 0 N–H and O–H groups in total. The van der Waals surface area contributed by atoms with Gasteiger partial charge in [0.1, 0.15) is 6.10 Å². The summed E-state index contributed by atoms with van der Waals surface area (Å²) in [6, 6.07) is 0. The smallest absolute Gasteiger partial charge is 0.302 e. The topological polar surface area (TPSA) is 57.3 Å². The molecule has 0 spiro atoms. The number of ether oxygens (including phenoxy) is 4. The Bertz CT molecular complexity index is 799. The molecule has 6 rings (SSSR count). The molecule has 0 unspecified atom stereocenters. The van der Waals surface area contributed by atoms with Crippen molar-refractivity contribution in [1.82, 2.24) is 0 Å². The summed E-state index contributed by atoms with van der Waals surface area (Å²) in [4.78, 5) is 11.5. The summed E-state index contributed by atoms with van der Waals surface area (Å²) in [6.45, 7) is 9.97. The van der Waals surface area contributed by atoms with E-state index in [1.807, 2.05) is 0 Å². The van der Waals surface area contributed by atoms with Gasteiger partial charge in [0.2, 0.25) is 0 Å². The molecule has 0 bridgehead atoms. The van der Waals surface area contributed by atoms with Crippen molar-refractivity contribution in [1.29, 1.82) is 0 Å². The van der Waals surface area contributed by atoms with E-state index in [4.69, 9.17) is 18.9 Å². The lowest BCUT2D eigenvalue weighted by atomic mass is 9.46. The molecule has 6 aliphatic rings. The first-order chi connectivity index (χ1) is 14.2. The maximum absolute atomic E-state index is 11.5. The standard InChI is InChI=1S/C25H36O5/c1-15(26)29-17-7-9-22(2)16(13-17)5-6-18-19(22)8-10-23(3)20(18)14-21-25(23,30-21)24(4)27-11-12-28-24/h5,17-21H,6-14H2,1-4H3/t17-,18+,19-,20-,21+,22-,23-,25+/m0/s1. The third kappa shape index (κ3) is 2.27. The Morgan fingerprint density at radius 2 is 1.87 bits per heavy atom. The first kappa shape index (κ1) is 19.8. The predicted octanol–water partition coefficient (Wildman–Crippen LogP) is 4.39. The highest BCUT2D eigenvalue weighted by molar-refractivity contribution is 5.66. The predicted molar refractivity (Wildman–Crippen MR) is 111 cm³/mol. The number of carbonyl (C=O) groups excluding carboxylic acids is 1. The van der Waals surface area contributed by atoms with Gasteiger partial charge in [0, 0.05) is 18.8 Å². The summed E-state index contributed by atoms with van der Waals surface area (Å²) < 4.78 is 24.4. The Morgan fingerprint density at radius 1 is 1.10 bits per heavy atom. The molecule has 3 saturated carbocycles. The molecule has 30 heavy (non-hydrogen) atoms. The summed E-state index contributed by atoms with van der Waals surface area (Å²) in [6.07, 6.45) is 10.7. The van der Waals surface area contributed by atoms with Gasteiger partial charge < -0.3 is 18.9 Å². The van der Waals surface area contributed by atoms with E-state index in [-0.39, 0.29) is 34.6 Å². The van der Waals surface area contributed by atoms with Gasteiger partial charge in [0.15, 0.2) is 11.4 Å². The first-order valence-corrected chi connectivity index (χ1v) is 12.1. The summed E-state index contributed by atoms with van der Waals surface area (Å²) in [5, 5.41) is 0. The molecule has 2 saturated heterocycles. The van der Waals surface area contributed by atoms with Crippen LogP contribution in [-0.2, 0) is 23.7 Å². The van der Waals surface area contributed by atoms with Crippen molar-refractivity contribution in [3.05, 3.63) is 11.6 Å². The number of epoxide rings is 1. The molecule has 5 heteroatoms. The minimum Gasteiger partial charge on any atom is -0.462 e. The molecule has 2 heterocycles. The maximum Gasteiger partial charge on any atom is 0.302 e. The van der Waals surface area contributed by atoms with E-state index in [0.717, 1.165) is 38.0 Å². The average molecular weight is 417 g/mol. The maximum atomic E-state index is 11.5. The fourth-order valence-electron chi connectivity index (χ4n) is 8.96. The molecule has 0 aromatic carbocycles. The van der Waals surface area contributed by atoms with E-state index in [1.54, 1.807) is 5.57 Å². The van der Waals surface area contributed by atoms with Crippen LogP contribution in [0.1, 0.15) is 72.6 Å². The Hall–Kier alpha value is -0.910. The minimum atomic E-state index is -0.588. The van der Waals surface area contributed by atoms with Crippen LogP contribution < -0.4 is 0 Å². The van der Waals surface area contributed by atoms with Crippen LogP contribution in [0.3, 0.4) is 0 Å². The van der Waals surface area contributed by atoms with Crippen molar-refractivity contribution in [2.24, 2.45) is 28.6 Å². The number of carbonyl (C=O) groups is 1. The molecule has 0 aromatic heterocycles. The number of fused-ring (bicyclic) bond motifs is 7. The van der Waals surface area contributed by atoms with Gasteiger partial charge in [-0.25, -0.2) is 0 Å². The second-order valence-corrected chi connectivity index (χ2v) is 11.4. The molecule has 0 radical (unpaired) electrons.